The number of hydrogen-bond acceptors (Lipinski definition) is 5. The van der Waals surface area contributed by atoms with Gasteiger partial charge in [-0.25, -0.2) is 8.78 Å². The van der Waals surface area contributed by atoms with E-state index in [0.29, 0.717) is 22.8 Å². The normalized spacial score (nSPS) is 11.9. The number of rotatable bonds is 9. The molecule has 1 amide bonds. The Morgan fingerprint density at radius 2 is 1.62 bits per heavy atom. The first-order valence-electron chi connectivity index (χ1n) is 9.01. The molecule has 6 nitrogen and oxygen atoms in total. The van der Waals surface area contributed by atoms with E-state index in [9.17, 15) is 13.6 Å². The number of methoxy groups -OCH3 is 3. The summed E-state index contributed by atoms with van der Waals surface area (Å²) in [5.41, 5.74) is 1.32. The average molecular weight is 408 g/mol. The van der Waals surface area contributed by atoms with Gasteiger partial charge in [-0.1, -0.05) is 6.07 Å². The Labute approximate surface area is 169 Å². The van der Waals surface area contributed by atoms with Crippen LogP contribution in [0.3, 0.4) is 0 Å². The topological polar surface area (TPSA) is 60.0 Å². The molecule has 2 rings (SSSR count). The van der Waals surface area contributed by atoms with Crippen molar-refractivity contribution in [3.8, 4) is 17.2 Å². The van der Waals surface area contributed by atoms with E-state index >= 15 is 0 Å². The van der Waals surface area contributed by atoms with Crippen LogP contribution in [0.4, 0.5) is 8.78 Å². The molecule has 0 aliphatic heterocycles. The lowest BCUT2D eigenvalue weighted by atomic mass is 10.1. The van der Waals surface area contributed by atoms with Crippen molar-refractivity contribution in [3.05, 3.63) is 53.1 Å². The standard InChI is InChI=1S/C21H26F2N2O4/c1-13(14-6-7-16(22)17(23)8-14)25(2)12-21(26)24-11-15-9-19(28-4)20(29-5)10-18(15)27-3/h6-10,13H,11-12H2,1-5H3,(H,24,26). The lowest BCUT2D eigenvalue weighted by Crippen LogP contribution is -2.36. The molecule has 0 aliphatic carbocycles. The fourth-order valence-corrected chi connectivity index (χ4v) is 2.87. The van der Waals surface area contributed by atoms with Gasteiger partial charge in [-0.05, 0) is 37.7 Å². The van der Waals surface area contributed by atoms with Gasteiger partial charge >= 0.3 is 0 Å². The quantitative estimate of drug-likeness (QED) is 0.690. The number of likely N-dealkylation sites (N-methyl/N-ethyl adjacent to an activating group) is 1. The zero-order chi connectivity index (χ0) is 21.6. The lowest BCUT2D eigenvalue weighted by molar-refractivity contribution is -0.122. The number of nitrogens with zero attached hydrogens (tertiary/aromatic N) is 1. The Balaban J connectivity index is 2.01. The molecule has 0 fully saturated rings. The third-order valence-corrected chi connectivity index (χ3v) is 4.74. The van der Waals surface area contributed by atoms with Crippen LogP contribution in [-0.2, 0) is 11.3 Å². The number of hydrogen-bond donors (Lipinski definition) is 1. The van der Waals surface area contributed by atoms with Crippen LogP contribution in [0, 0.1) is 11.6 Å². The summed E-state index contributed by atoms with van der Waals surface area (Å²) in [5.74, 6) is -0.413. The predicted molar refractivity (Wildman–Crippen MR) is 105 cm³/mol. The summed E-state index contributed by atoms with van der Waals surface area (Å²) in [6.07, 6.45) is 0. The molecule has 0 spiro atoms. The molecule has 1 atom stereocenters. The smallest absolute Gasteiger partial charge is 0.234 e. The highest BCUT2D eigenvalue weighted by molar-refractivity contribution is 5.78. The Bertz CT molecular complexity index is 861. The van der Waals surface area contributed by atoms with Gasteiger partial charge in [-0.2, -0.15) is 0 Å². The first-order chi connectivity index (χ1) is 13.8. The first kappa shape index (κ1) is 22.4. The van der Waals surface area contributed by atoms with E-state index in [0.717, 1.165) is 17.7 Å². The highest BCUT2D eigenvalue weighted by Gasteiger charge is 2.17. The highest BCUT2D eigenvalue weighted by atomic mass is 19.2. The molecule has 8 heteroatoms. The van der Waals surface area contributed by atoms with Crippen LogP contribution in [0.15, 0.2) is 30.3 Å². The molecule has 1 unspecified atom stereocenters. The summed E-state index contributed by atoms with van der Waals surface area (Å²) in [4.78, 5) is 14.1. The van der Waals surface area contributed by atoms with Gasteiger partial charge in [0.05, 0.1) is 27.9 Å². The Kier molecular flexibility index (Phi) is 7.78. The molecule has 0 radical (unpaired) electrons. The molecular formula is C21H26F2N2O4. The number of carbonyl (C=O) groups is 1. The van der Waals surface area contributed by atoms with E-state index in [1.165, 1.54) is 27.4 Å². The van der Waals surface area contributed by atoms with Crippen molar-refractivity contribution in [2.24, 2.45) is 0 Å². The summed E-state index contributed by atoms with van der Waals surface area (Å²) in [6.45, 7) is 2.13. The predicted octanol–water partition coefficient (Wildman–Crippen LogP) is 3.30. The van der Waals surface area contributed by atoms with Gasteiger partial charge in [0.15, 0.2) is 23.1 Å². The maximum atomic E-state index is 13.5. The summed E-state index contributed by atoms with van der Waals surface area (Å²) in [6, 6.07) is 6.89. The van der Waals surface area contributed by atoms with E-state index in [1.807, 2.05) is 6.92 Å². The van der Waals surface area contributed by atoms with Gasteiger partial charge in [0, 0.05) is 24.2 Å². The molecular weight excluding hydrogens is 382 g/mol. The maximum Gasteiger partial charge on any atom is 0.234 e. The molecule has 2 aromatic rings. The van der Waals surface area contributed by atoms with Gasteiger partial charge < -0.3 is 19.5 Å². The Hall–Kier alpha value is -2.87. The third kappa shape index (κ3) is 5.57. The van der Waals surface area contributed by atoms with Crippen LogP contribution in [0.25, 0.3) is 0 Å². The summed E-state index contributed by atoms with van der Waals surface area (Å²) >= 11 is 0. The molecule has 0 saturated heterocycles. The van der Waals surface area contributed by atoms with Crippen molar-refractivity contribution in [2.75, 3.05) is 34.9 Å². The van der Waals surface area contributed by atoms with Crippen molar-refractivity contribution in [3.63, 3.8) is 0 Å². The second-order valence-electron chi connectivity index (χ2n) is 6.56. The molecule has 0 bridgehead atoms. The average Bonchev–Trinajstić information content (AvgIpc) is 2.72. The van der Waals surface area contributed by atoms with Crippen LogP contribution >= 0.6 is 0 Å². The number of amides is 1. The summed E-state index contributed by atoms with van der Waals surface area (Å²) < 4.78 is 42.5. The van der Waals surface area contributed by atoms with Crippen LogP contribution in [0.1, 0.15) is 24.1 Å². The second-order valence-corrected chi connectivity index (χ2v) is 6.56. The second kappa shape index (κ2) is 10.1. The van der Waals surface area contributed by atoms with E-state index in [4.69, 9.17) is 14.2 Å². The van der Waals surface area contributed by atoms with Gasteiger partial charge in [-0.3, -0.25) is 9.69 Å². The monoisotopic (exact) mass is 408 g/mol. The number of nitrogens with one attached hydrogen (secondary N) is 1. The van der Waals surface area contributed by atoms with Crippen molar-refractivity contribution in [2.45, 2.75) is 19.5 Å². The fraction of sp³-hybridized carbons (Fsp3) is 0.381. The molecule has 29 heavy (non-hydrogen) atoms. The zero-order valence-corrected chi connectivity index (χ0v) is 17.2. The molecule has 0 heterocycles. The molecule has 0 aliphatic rings. The third-order valence-electron chi connectivity index (χ3n) is 4.74. The van der Waals surface area contributed by atoms with Crippen molar-refractivity contribution in [1.29, 1.82) is 0 Å². The minimum absolute atomic E-state index is 0.0791. The Morgan fingerprint density at radius 3 is 2.21 bits per heavy atom. The first-order valence-corrected chi connectivity index (χ1v) is 9.01. The van der Waals surface area contributed by atoms with Crippen molar-refractivity contribution < 1.29 is 27.8 Å². The van der Waals surface area contributed by atoms with Gasteiger partial charge in [0.1, 0.15) is 5.75 Å². The van der Waals surface area contributed by atoms with Gasteiger partial charge in [-0.15, -0.1) is 0 Å². The molecule has 158 valence electrons. The number of carbonyl (C=O) groups excluding carboxylic acids is 1. The van der Waals surface area contributed by atoms with E-state index < -0.39 is 11.6 Å². The van der Waals surface area contributed by atoms with Gasteiger partial charge in [0.25, 0.3) is 0 Å². The Morgan fingerprint density at radius 1 is 1.00 bits per heavy atom. The van der Waals surface area contributed by atoms with Crippen LogP contribution in [0.2, 0.25) is 0 Å². The van der Waals surface area contributed by atoms with Crippen LogP contribution < -0.4 is 19.5 Å². The van der Waals surface area contributed by atoms with Crippen LogP contribution in [-0.4, -0.2) is 45.7 Å². The minimum Gasteiger partial charge on any atom is -0.496 e. The van der Waals surface area contributed by atoms with Crippen LogP contribution in [0.5, 0.6) is 17.2 Å². The summed E-state index contributed by atoms with van der Waals surface area (Å²) in [7, 11) is 6.33. The molecule has 2 aromatic carbocycles. The largest absolute Gasteiger partial charge is 0.496 e. The SMILES string of the molecule is COc1cc(OC)c(OC)cc1CNC(=O)CN(C)C(C)c1ccc(F)c(F)c1. The van der Waals surface area contributed by atoms with E-state index in [1.54, 1.807) is 24.1 Å². The fourth-order valence-electron chi connectivity index (χ4n) is 2.87. The van der Waals surface area contributed by atoms with Gasteiger partial charge in [0.2, 0.25) is 5.91 Å². The van der Waals surface area contributed by atoms with Crippen molar-refractivity contribution >= 4 is 5.91 Å². The minimum atomic E-state index is -0.909. The highest BCUT2D eigenvalue weighted by Crippen LogP contribution is 2.34. The molecule has 0 saturated carbocycles. The van der Waals surface area contributed by atoms with Crippen molar-refractivity contribution in [1.82, 2.24) is 10.2 Å². The van der Waals surface area contributed by atoms with E-state index in [2.05, 4.69) is 5.32 Å². The molecule has 0 aromatic heterocycles. The zero-order valence-electron chi connectivity index (χ0n) is 17.2. The summed E-state index contributed by atoms with van der Waals surface area (Å²) in [5, 5.41) is 2.83. The number of halogens is 2. The van der Waals surface area contributed by atoms with E-state index in [-0.39, 0.29) is 25.0 Å². The maximum absolute atomic E-state index is 13.5. The lowest BCUT2D eigenvalue weighted by Gasteiger charge is -2.24. The number of ether oxygens (including phenoxy) is 3. The molecule has 1 N–H and O–H groups in total. The number of benzene rings is 2.